The number of anilines is 1. The largest absolute Gasteiger partial charge is 0.496 e. The molecule has 1 aromatic heterocycles. The van der Waals surface area contributed by atoms with Crippen molar-refractivity contribution in [2.24, 2.45) is 0 Å². The zero-order chi connectivity index (χ0) is 23.3. The molecule has 2 heterocycles. The van der Waals surface area contributed by atoms with Gasteiger partial charge in [0, 0.05) is 37.4 Å². The Morgan fingerprint density at radius 2 is 1.59 bits per heavy atom. The van der Waals surface area contributed by atoms with Gasteiger partial charge in [-0.3, -0.25) is 4.90 Å². The molecular formula is C26H27FN6O. The minimum Gasteiger partial charge on any atom is -0.496 e. The molecule has 0 radical (unpaired) electrons. The fourth-order valence-corrected chi connectivity index (χ4v) is 4.56. The third-order valence-corrected chi connectivity index (χ3v) is 6.28. The first-order valence-corrected chi connectivity index (χ1v) is 11.4. The van der Waals surface area contributed by atoms with Gasteiger partial charge in [-0.1, -0.05) is 48.5 Å². The molecule has 0 unspecified atom stereocenters. The SMILES string of the molecule is COc1ccccc1[C@H](c1nnnn1Cc1ccccc1)N1CCN(c2ccc(F)cc2)CC1. The Balaban J connectivity index is 1.45. The van der Waals surface area contributed by atoms with Gasteiger partial charge >= 0.3 is 0 Å². The number of halogens is 1. The van der Waals surface area contributed by atoms with E-state index in [-0.39, 0.29) is 11.9 Å². The number of ether oxygens (including phenoxy) is 1. The van der Waals surface area contributed by atoms with Crippen LogP contribution in [-0.2, 0) is 6.54 Å². The zero-order valence-corrected chi connectivity index (χ0v) is 19.1. The van der Waals surface area contributed by atoms with Crippen LogP contribution in [0.25, 0.3) is 0 Å². The predicted octanol–water partition coefficient (Wildman–Crippen LogP) is 3.78. The molecule has 8 heteroatoms. The van der Waals surface area contributed by atoms with E-state index in [9.17, 15) is 4.39 Å². The van der Waals surface area contributed by atoms with Gasteiger partial charge in [-0.2, -0.15) is 0 Å². The molecule has 34 heavy (non-hydrogen) atoms. The van der Waals surface area contributed by atoms with Gasteiger partial charge in [-0.05, 0) is 46.3 Å². The van der Waals surface area contributed by atoms with Crippen molar-refractivity contribution in [3.05, 3.63) is 102 Å². The van der Waals surface area contributed by atoms with Crippen molar-refractivity contribution in [2.45, 2.75) is 12.6 Å². The Bertz CT molecular complexity index is 1210. The van der Waals surface area contributed by atoms with Crippen LogP contribution in [0.5, 0.6) is 5.75 Å². The Hall–Kier alpha value is -3.78. The summed E-state index contributed by atoms with van der Waals surface area (Å²) in [5, 5.41) is 12.8. The third-order valence-electron chi connectivity index (χ3n) is 6.28. The Morgan fingerprint density at radius 3 is 2.32 bits per heavy atom. The summed E-state index contributed by atoms with van der Waals surface area (Å²) < 4.78 is 21.0. The molecule has 1 atom stereocenters. The molecular weight excluding hydrogens is 431 g/mol. The van der Waals surface area contributed by atoms with Crippen LogP contribution in [0.1, 0.15) is 23.0 Å². The Kier molecular flexibility index (Phi) is 6.49. The first kappa shape index (κ1) is 22.0. The second-order valence-corrected chi connectivity index (χ2v) is 8.32. The van der Waals surface area contributed by atoms with E-state index in [0.29, 0.717) is 6.54 Å². The molecule has 0 bridgehead atoms. The molecule has 174 valence electrons. The predicted molar refractivity (Wildman–Crippen MR) is 128 cm³/mol. The second kappa shape index (κ2) is 10.0. The smallest absolute Gasteiger partial charge is 0.173 e. The topological polar surface area (TPSA) is 59.3 Å². The van der Waals surface area contributed by atoms with Crippen LogP contribution in [0.15, 0.2) is 78.9 Å². The molecule has 4 aromatic rings. The van der Waals surface area contributed by atoms with Gasteiger partial charge in [0.1, 0.15) is 17.6 Å². The van der Waals surface area contributed by atoms with E-state index < -0.39 is 0 Å². The first-order chi connectivity index (χ1) is 16.7. The highest BCUT2D eigenvalue weighted by Crippen LogP contribution is 2.34. The van der Waals surface area contributed by atoms with Crippen LogP contribution in [0, 0.1) is 5.82 Å². The van der Waals surface area contributed by atoms with Crippen LogP contribution in [-0.4, -0.2) is 58.4 Å². The van der Waals surface area contributed by atoms with Crippen molar-refractivity contribution < 1.29 is 9.13 Å². The van der Waals surface area contributed by atoms with E-state index in [1.54, 1.807) is 7.11 Å². The minimum absolute atomic E-state index is 0.162. The molecule has 0 aliphatic carbocycles. The van der Waals surface area contributed by atoms with Crippen molar-refractivity contribution in [3.63, 3.8) is 0 Å². The van der Waals surface area contributed by atoms with Gasteiger partial charge in [0.25, 0.3) is 0 Å². The molecule has 7 nitrogen and oxygen atoms in total. The van der Waals surface area contributed by atoms with E-state index in [0.717, 1.165) is 54.6 Å². The number of hydrogen-bond donors (Lipinski definition) is 0. The molecule has 1 fully saturated rings. The summed E-state index contributed by atoms with van der Waals surface area (Å²) in [6, 6.07) is 24.8. The summed E-state index contributed by atoms with van der Waals surface area (Å²) in [5.41, 5.74) is 3.20. The van der Waals surface area contributed by atoms with Gasteiger partial charge < -0.3 is 9.64 Å². The number of aromatic nitrogens is 4. The zero-order valence-electron chi connectivity index (χ0n) is 19.1. The molecule has 1 aliphatic heterocycles. The minimum atomic E-state index is -0.219. The van der Waals surface area contributed by atoms with E-state index in [4.69, 9.17) is 4.74 Å². The summed E-state index contributed by atoms with van der Waals surface area (Å²) in [5.74, 6) is 1.37. The monoisotopic (exact) mass is 458 g/mol. The second-order valence-electron chi connectivity index (χ2n) is 8.32. The Labute approximate surface area is 198 Å². The highest BCUT2D eigenvalue weighted by Gasteiger charge is 2.32. The maximum atomic E-state index is 13.4. The summed E-state index contributed by atoms with van der Waals surface area (Å²) in [4.78, 5) is 4.67. The summed E-state index contributed by atoms with van der Waals surface area (Å²) in [6.45, 7) is 3.83. The van der Waals surface area contributed by atoms with Crippen LogP contribution in [0.2, 0.25) is 0 Å². The molecule has 1 aliphatic rings. The van der Waals surface area contributed by atoms with Gasteiger partial charge in [0.05, 0.1) is 13.7 Å². The average Bonchev–Trinajstić information content (AvgIpc) is 3.33. The molecule has 0 saturated carbocycles. The van der Waals surface area contributed by atoms with E-state index >= 15 is 0 Å². The van der Waals surface area contributed by atoms with Crippen molar-refractivity contribution in [2.75, 3.05) is 38.2 Å². The average molecular weight is 459 g/mol. The molecule has 0 amide bonds. The number of rotatable bonds is 7. The number of benzene rings is 3. The maximum Gasteiger partial charge on any atom is 0.173 e. The summed E-state index contributed by atoms with van der Waals surface area (Å²) in [7, 11) is 1.69. The van der Waals surface area contributed by atoms with Crippen molar-refractivity contribution in [1.82, 2.24) is 25.1 Å². The molecule has 0 spiro atoms. The number of nitrogens with zero attached hydrogens (tertiary/aromatic N) is 6. The lowest BCUT2D eigenvalue weighted by molar-refractivity contribution is 0.198. The van der Waals surface area contributed by atoms with Crippen LogP contribution >= 0.6 is 0 Å². The lowest BCUT2D eigenvalue weighted by Gasteiger charge is -2.40. The van der Waals surface area contributed by atoms with Gasteiger partial charge in [0.15, 0.2) is 5.82 Å². The lowest BCUT2D eigenvalue weighted by atomic mass is 10.0. The molecule has 0 N–H and O–H groups in total. The number of tetrazole rings is 1. The highest BCUT2D eigenvalue weighted by atomic mass is 19.1. The molecule has 1 saturated heterocycles. The maximum absolute atomic E-state index is 13.4. The van der Waals surface area contributed by atoms with Crippen molar-refractivity contribution in [3.8, 4) is 5.75 Å². The van der Waals surface area contributed by atoms with Crippen LogP contribution in [0.4, 0.5) is 10.1 Å². The quantitative estimate of drug-likeness (QED) is 0.420. The standard InChI is InChI=1S/C26H27FN6O/c1-34-24-10-6-5-9-23(24)25(26-28-29-30-33(26)19-20-7-3-2-4-8-20)32-17-15-31(16-18-32)22-13-11-21(27)12-14-22/h2-14,25H,15-19H2,1H3/t25-/m1/s1. The summed E-state index contributed by atoms with van der Waals surface area (Å²) >= 11 is 0. The number of para-hydroxylation sites is 1. The molecule has 3 aromatic carbocycles. The van der Waals surface area contributed by atoms with E-state index in [1.807, 2.05) is 53.2 Å². The van der Waals surface area contributed by atoms with Gasteiger partial charge in [-0.15, -0.1) is 5.10 Å². The van der Waals surface area contributed by atoms with Crippen LogP contribution < -0.4 is 9.64 Å². The first-order valence-electron chi connectivity index (χ1n) is 11.4. The van der Waals surface area contributed by atoms with E-state index in [1.165, 1.54) is 12.1 Å². The number of piperazine rings is 1. The van der Waals surface area contributed by atoms with Crippen molar-refractivity contribution in [1.29, 1.82) is 0 Å². The van der Waals surface area contributed by atoms with Crippen LogP contribution in [0.3, 0.4) is 0 Å². The number of methoxy groups -OCH3 is 1. The van der Waals surface area contributed by atoms with E-state index in [2.05, 4.69) is 43.5 Å². The summed E-state index contributed by atoms with van der Waals surface area (Å²) in [6.07, 6.45) is 0. The number of hydrogen-bond acceptors (Lipinski definition) is 6. The highest BCUT2D eigenvalue weighted by molar-refractivity contribution is 5.47. The Morgan fingerprint density at radius 1 is 0.882 bits per heavy atom. The normalized spacial score (nSPS) is 15.3. The van der Waals surface area contributed by atoms with Crippen molar-refractivity contribution >= 4 is 5.69 Å². The fraction of sp³-hybridized carbons (Fsp3) is 0.269. The fourth-order valence-electron chi connectivity index (χ4n) is 4.56. The third kappa shape index (κ3) is 4.63. The van der Waals surface area contributed by atoms with Gasteiger partial charge in [-0.25, -0.2) is 9.07 Å². The lowest BCUT2D eigenvalue weighted by Crippen LogP contribution is -2.48. The molecule has 5 rings (SSSR count). The van der Waals surface area contributed by atoms with Gasteiger partial charge in [0.2, 0.25) is 0 Å².